The molecule has 5 rings (SSSR count). The highest BCUT2D eigenvalue weighted by Crippen LogP contribution is 2.32. The number of rotatable bonds is 6. The molecule has 3 N–H and O–H groups in total. The van der Waals surface area contributed by atoms with E-state index in [0.29, 0.717) is 5.82 Å². The lowest BCUT2D eigenvalue weighted by Gasteiger charge is -2.28. The molecule has 0 unspecified atom stereocenters. The number of ether oxygens (including phenoxy) is 1. The summed E-state index contributed by atoms with van der Waals surface area (Å²) in [7, 11) is 0. The average Bonchev–Trinajstić information content (AvgIpc) is 3.24. The van der Waals surface area contributed by atoms with Crippen LogP contribution in [0, 0.1) is 0 Å². The van der Waals surface area contributed by atoms with E-state index in [1.54, 1.807) is 0 Å². The van der Waals surface area contributed by atoms with Crippen LogP contribution >= 0.6 is 0 Å². The van der Waals surface area contributed by atoms with E-state index in [-0.39, 0.29) is 0 Å². The largest absolute Gasteiger partial charge is 0.384 e. The molecular formula is C26H27N5O. The van der Waals surface area contributed by atoms with Crippen molar-refractivity contribution >= 4 is 22.9 Å². The van der Waals surface area contributed by atoms with E-state index >= 15 is 0 Å². The summed E-state index contributed by atoms with van der Waals surface area (Å²) < 4.78 is 7.64. The molecule has 2 aromatic heterocycles. The maximum absolute atomic E-state index is 5.73. The Labute approximate surface area is 188 Å². The van der Waals surface area contributed by atoms with Gasteiger partial charge in [0.05, 0.1) is 18.9 Å². The fourth-order valence-electron chi connectivity index (χ4n) is 4.02. The number of anilines is 4. The average molecular weight is 426 g/mol. The van der Waals surface area contributed by atoms with E-state index in [4.69, 9.17) is 10.5 Å². The summed E-state index contributed by atoms with van der Waals surface area (Å²) in [6, 6.07) is 22.9. The molecule has 1 aliphatic rings. The summed E-state index contributed by atoms with van der Waals surface area (Å²) in [5.74, 6) is 0.536. The Balaban J connectivity index is 1.40. The summed E-state index contributed by atoms with van der Waals surface area (Å²) in [6.45, 7) is 4.18. The zero-order valence-corrected chi connectivity index (χ0v) is 17.9. The molecule has 4 aromatic rings. The number of nitrogens with zero attached hydrogens (tertiary/aromatic N) is 3. The third-order valence-corrected chi connectivity index (χ3v) is 5.70. The predicted molar refractivity (Wildman–Crippen MR) is 130 cm³/mol. The molecular weight excluding hydrogens is 398 g/mol. The summed E-state index contributed by atoms with van der Waals surface area (Å²) in [5, 5.41) is 3.62. The molecule has 0 aliphatic carbocycles. The van der Waals surface area contributed by atoms with Gasteiger partial charge in [-0.05, 0) is 41.5 Å². The summed E-state index contributed by atoms with van der Waals surface area (Å²) in [5.41, 5.74) is 12.5. The Kier molecular flexibility index (Phi) is 5.77. The number of hydrogen-bond donors (Lipinski definition) is 2. The van der Waals surface area contributed by atoms with Crippen LogP contribution in [0.5, 0.6) is 0 Å². The van der Waals surface area contributed by atoms with Crippen LogP contribution in [0.4, 0.5) is 22.9 Å². The van der Waals surface area contributed by atoms with Crippen molar-refractivity contribution in [3.8, 4) is 11.1 Å². The van der Waals surface area contributed by atoms with Gasteiger partial charge in [0.25, 0.3) is 0 Å². The first kappa shape index (κ1) is 20.2. The molecule has 0 saturated carbocycles. The highest BCUT2D eigenvalue weighted by molar-refractivity contribution is 5.81. The fourth-order valence-corrected chi connectivity index (χ4v) is 4.02. The lowest BCUT2D eigenvalue weighted by molar-refractivity contribution is 0.122. The van der Waals surface area contributed by atoms with Crippen molar-refractivity contribution in [2.45, 2.75) is 6.54 Å². The van der Waals surface area contributed by atoms with E-state index in [9.17, 15) is 0 Å². The first-order valence-electron chi connectivity index (χ1n) is 10.9. The first-order chi connectivity index (χ1) is 15.7. The fraction of sp³-hybridized carbons (Fsp3) is 0.192. The van der Waals surface area contributed by atoms with Gasteiger partial charge in [0.15, 0.2) is 0 Å². The van der Waals surface area contributed by atoms with E-state index in [1.807, 2.05) is 24.4 Å². The van der Waals surface area contributed by atoms with Crippen molar-refractivity contribution in [3.05, 3.63) is 90.9 Å². The van der Waals surface area contributed by atoms with Crippen LogP contribution in [-0.4, -0.2) is 35.9 Å². The van der Waals surface area contributed by atoms with E-state index in [0.717, 1.165) is 55.3 Å². The second kappa shape index (κ2) is 9.16. The number of hydrogen-bond acceptors (Lipinski definition) is 5. The van der Waals surface area contributed by atoms with Crippen molar-refractivity contribution in [1.82, 2.24) is 9.55 Å². The van der Waals surface area contributed by atoms with Crippen molar-refractivity contribution < 1.29 is 4.74 Å². The molecule has 32 heavy (non-hydrogen) atoms. The molecule has 1 fully saturated rings. The monoisotopic (exact) mass is 425 g/mol. The molecule has 2 aromatic carbocycles. The van der Waals surface area contributed by atoms with Crippen LogP contribution in [0.15, 0.2) is 85.3 Å². The number of pyridine rings is 1. The highest BCUT2D eigenvalue weighted by atomic mass is 16.5. The van der Waals surface area contributed by atoms with Crippen LogP contribution in [0.25, 0.3) is 11.1 Å². The Bertz CT molecular complexity index is 1150. The molecule has 0 radical (unpaired) electrons. The molecule has 1 aliphatic heterocycles. The third kappa shape index (κ3) is 4.60. The van der Waals surface area contributed by atoms with Gasteiger partial charge in [-0.2, -0.15) is 0 Å². The van der Waals surface area contributed by atoms with Gasteiger partial charge < -0.3 is 25.3 Å². The zero-order valence-electron chi connectivity index (χ0n) is 17.9. The highest BCUT2D eigenvalue weighted by Gasteiger charge is 2.13. The number of morpholine rings is 1. The van der Waals surface area contributed by atoms with Gasteiger partial charge in [0.1, 0.15) is 5.82 Å². The van der Waals surface area contributed by atoms with Crippen molar-refractivity contribution in [1.29, 1.82) is 0 Å². The number of aromatic nitrogens is 2. The van der Waals surface area contributed by atoms with E-state index in [1.165, 1.54) is 11.3 Å². The molecule has 0 bridgehead atoms. The maximum atomic E-state index is 5.73. The van der Waals surface area contributed by atoms with Crippen molar-refractivity contribution in [3.63, 3.8) is 0 Å². The second-order valence-electron chi connectivity index (χ2n) is 7.99. The normalized spacial score (nSPS) is 13.8. The molecule has 0 spiro atoms. The smallest absolute Gasteiger partial charge is 0.123 e. The Morgan fingerprint density at radius 3 is 2.41 bits per heavy atom. The molecule has 162 valence electrons. The molecule has 6 nitrogen and oxygen atoms in total. The maximum Gasteiger partial charge on any atom is 0.123 e. The van der Waals surface area contributed by atoms with E-state index in [2.05, 4.69) is 80.7 Å². The third-order valence-electron chi connectivity index (χ3n) is 5.70. The SMILES string of the molecule is Nc1ccc(Cn2cc(Nc3ccc(N4CCOCC4)cc3)c(-c3ccccc3)c2)cn1. The number of benzene rings is 2. The minimum atomic E-state index is 0.536. The van der Waals surface area contributed by atoms with Gasteiger partial charge >= 0.3 is 0 Å². The van der Waals surface area contributed by atoms with Crippen LogP contribution in [0.2, 0.25) is 0 Å². The van der Waals surface area contributed by atoms with Gasteiger partial charge in [-0.3, -0.25) is 0 Å². The van der Waals surface area contributed by atoms with Gasteiger partial charge in [-0.25, -0.2) is 4.98 Å². The van der Waals surface area contributed by atoms with Crippen LogP contribution in [0.1, 0.15) is 5.56 Å². The quantitative estimate of drug-likeness (QED) is 0.466. The van der Waals surface area contributed by atoms with Gasteiger partial charge in [-0.15, -0.1) is 0 Å². The molecule has 1 saturated heterocycles. The van der Waals surface area contributed by atoms with Crippen molar-refractivity contribution in [2.24, 2.45) is 0 Å². The number of nitrogens with two attached hydrogens (primary N) is 1. The molecule has 0 atom stereocenters. The minimum absolute atomic E-state index is 0.536. The van der Waals surface area contributed by atoms with Gasteiger partial charge in [-0.1, -0.05) is 36.4 Å². The Hall–Kier alpha value is -3.77. The van der Waals surface area contributed by atoms with Crippen LogP contribution < -0.4 is 16.0 Å². The number of nitrogen functional groups attached to an aromatic ring is 1. The lowest BCUT2D eigenvalue weighted by Crippen LogP contribution is -2.36. The minimum Gasteiger partial charge on any atom is -0.384 e. The second-order valence-corrected chi connectivity index (χ2v) is 7.99. The van der Waals surface area contributed by atoms with Crippen LogP contribution in [-0.2, 0) is 11.3 Å². The summed E-state index contributed by atoms with van der Waals surface area (Å²) in [6.07, 6.45) is 6.15. The molecule has 3 heterocycles. The van der Waals surface area contributed by atoms with Crippen molar-refractivity contribution in [2.75, 3.05) is 42.3 Å². The molecule has 6 heteroatoms. The standard InChI is InChI=1S/C26H27N5O/c27-26-11-6-20(16-28-26)17-30-18-24(21-4-2-1-3-5-21)25(19-30)29-22-7-9-23(10-8-22)31-12-14-32-15-13-31/h1-11,16,18-19,29H,12-15,17H2,(H2,27,28). The number of nitrogens with one attached hydrogen (secondary N) is 1. The lowest BCUT2D eigenvalue weighted by atomic mass is 10.1. The summed E-state index contributed by atoms with van der Waals surface area (Å²) in [4.78, 5) is 6.58. The first-order valence-corrected chi connectivity index (χ1v) is 10.9. The van der Waals surface area contributed by atoms with Gasteiger partial charge in [0, 0.05) is 55.2 Å². The van der Waals surface area contributed by atoms with Gasteiger partial charge in [0.2, 0.25) is 0 Å². The topological polar surface area (TPSA) is 68.3 Å². The predicted octanol–water partition coefficient (Wildman–Crippen LogP) is 4.76. The molecule has 0 amide bonds. The van der Waals surface area contributed by atoms with Crippen LogP contribution in [0.3, 0.4) is 0 Å². The zero-order chi connectivity index (χ0) is 21.8. The van der Waals surface area contributed by atoms with E-state index < -0.39 is 0 Å². The summed E-state index contributed by atoms with van der Waals surface area (Å²) >= 11 is 0. The Morgan fingerprint density at radius 1 is 0.906 bits per heavy atom. The Morgan fingerprint density at radius 2 is 1.69 bits per heavy atom.